The van der Waals surface area contributed by atoms with Crippen LogP contribution in [0.5, 0.6) is 11.5 Å². The summed E-state index contributed by atoms with van der Waals surface area (Å²) in [4.78, 5) is 32.6. The summed E-state index contributed by atoms with van der Waals surface area (Å²) in [6, 6.07) is 31.8. The number of pyridine rings is 1. The van der Waals surface area contributed by atoms with Gasteiger partial charge in [-0.25, -0.2) is 9.78 Å². The molecule has 49 heavy (non-hydrogen) atoms. The van der Waals surface area contributed by atoms with E-state index in [9.17, 15) is 9.59 Å². The van der Waals surface area contributed by atoms with E-state index in [4.69, 9.17) is 14.5 Å². The van der Waals surface area contributed by atoms with Gasteiger partial charge in [0.15, 0.2) is 0 Å². The molecule has 2 heterocycles. The molecule has 1 amide bonds. The lowest BCUT2D eigenvalue weighted by atomic mass is 9.85. The third kappa shape index (κ3) is 7.08. The number of aromatic amines is 1. The first kappa shape index (κ1) is 31.4. The van der Waals surface area contributed by atoms with Gasteiger partial charge < -0.3 is 14.8 Å². The first-order chi connectivity index (χ1) is 24.1. The van der Waals surface area contributed by atoms with Gasteiger partial charge in [0.25, 0.3) is 5.91 Å². The van der Waals surface area contributed by atoms with Crippen molar-refractivity contribution in [2.45, 2.75) is 38.6 Å². The smallest absolute Gasteiger partial charge is 0.328 e. The largest absolute Gasteiger partial charge is 0.464 e. The maximum Gasteiger partial charge on any atom is 0.328 e. The maximum atomic E-state index is 14.3. The second-order valence-electron chi connectivity index (χ2n) is 11.8. The summed E-state index contributed by atoms with van der Waals surface area (Å²) in [6.07, 6.45) is 4.76. The molecule has 1 aliphatic rings. The highest BCUT2D eigenvalue weighted by Gasteiger charge is 2.29. The second-order valence-corrected chi connectivity index (χ2v) is 11.8. The second kappa shape index (κ2) is 14.3. The Bertz CT molecular complexity index is 2110. The van der Waals surface area contributed by atoms with Gasteiger partial charge in [0.1, 0.15) is 17.5 Å². The Morgan fingerprint density at radius 2 is 1.65 bits per heavy atom. The summed E-state index contributed by atoms with van der Waals surface area (Å²) < 4.78 is 11.4. The lowest BCUT2D eigenvalue weighted by molar-refractivity contribution is -0.145. The van der Waals surface area contributed by atoms with E-state index >= 15 is 0 Å². The number of hydrogen-bond acceptors (Lipinski definition) is 8. The van der Waals surface area contributed by atoms with Crippen LogP contribution >= 0.6 is 0 Å². The zero-order valence-electron chi connectivity index (χ0n) is 26.9. The summed E-state index contributed by atoms with van der Waals surface area (Å²) in [5.74, 6) is 1.17. The molecular formula is C39H34N6O4. The third-order valence-corrected chi connectivity index (χ3v) is 8.47. The lowest BCUT2D eigenvalue weighted by Gasteiger charge is -2.24. The number of ether oxygens (including phenoxy) is 2. The average Bonchev–Trinajstić information content (AvgIpc) is 3.68. The van der Waals surface area contributed by atoms with Crippen LogP contribution in [-0.2, 0) is 22.4 Å². The van der Waals surface area contributed by atoms with Crippen LogP contribution in [0, 0.1) is 0 Å². The molecule has 0 bridgehead atoms. The monoisotopic (exact) mass is 650 g/mol. The van der Waals surface area contributed by atoms with Gasteiger partial charge in [-0.1, -0.05) is 72.8 Å². The number of para-hydroxylation sites is 2. The van der Waals surface area contributed by atoms with Crippen molar-refractivity contribution in [2.24, 2.45) is 0 Å². The minimum atomic E-state index is -0.902. The predicted octanol–water partition coefficient (Wildman–Crippen LogP) is 6.99. The van der Waals surface area contributed by atoms with Gasteiger partial charge in [0.05, 0.1) is 23.4 Å². The molecule has 244 valence electrons. The Morgan fingerprint density at radius 1 is 0.898 bits per heavy atom. The lowest BCUT2D eigenvalue weighted by Crippen LogP contribution is -2.44. The molecular weight excluding hydrogens is 616 g/mol. The Hall–Kier alpha value is -6.16. The van der Waals surface area contributed by atoms with Gasteiger partial charge in [0.2, 0.25) is 5.82 Å². The fraction of sp³-hybridized carbons (Fsp3) is 0.179. The normalized spacial score (nSPS) is 13.9. The maximum absolute atomic E-state index is 14.3. The van der Waals surface area contributed by atoms with E-state index in [1.165, 1.54) is 0 Å². The summed E-state index contributed by atoms with van der Waals surface area (Å²) in [7, 11) is 0. The average molecular weight is 651 g/mol. The Kier molecular flexibility index (Phi) is 9.18. The molecule has 0 saturated heterocycles. The standard InChI is InChI=1S/C39H34N6O4/c1-2-48-39(47)34(24-26-15-19-27(20-16-26)37-42-44-45-43-37)41-38(46)35-31-12-6-7-14-33(31)40-36-28(9-8-13-32(35)36)23-25-17-21-30(22-18-25)49-29-10-4-3-5-11-29/h3-7,10-12,14-23,34H,2,8-9,13,24H2,1H3,(H,41,46)(H,42,43,44,45)/b28-23-. The first-order valence-corrected chi connectivity index (χ1v) is 16.3. The molecule has 2 N–H and O–H groups in total. The van der Waals surface area contributed by atoms with Crippen molar-refractivity contribution in [3.63, 3.8) is 0 Å². The zero-order chi connectivity index (χ0) is 33.6. The summed E-state index contributed by atoms with van der Waals surface area (Å²) in [5.41, 5.74) is 6.64. The number of H-pyrrole nitrogens is 1. The molecule has 0 radical (unpaired) electrons. The molecule has 7 rings (SSSR count). The van der Waals surface area contributed by atoms with E-state index in [1.54, 1.807) is 6.92 Å². The Morgan fingerprint density at radius 3 is 2.41 bits per heavy atom. The minimum Gasteiger partial charge on any atom is -0.464 e. The van der Waals surface area contributed by atoms with Crippen LogP contribution < -0.4 is 10.1 Å². The molecule has 0 saturated carbocycles. The van der Waals surface area contributed by atoms with Crippen molar-refractivity contribution in [3.05, 3.63) is 131 Å². The van der Waals surface area contributed by atoms with Crippen molar-refractivity contribution < 1.29 is 19.1 Å². The number of rotatable bonds is 10. The molecule has 10 heteroatoms. The van der Waals surface area contributed by atoms with Crippen LogP contribution in [0.25, 0.3) is 33.9 Å². The summed E-state index contributed by atoms with van der Waals surface area (Å²) in [6.45, 7) is 1.95. The number of allylic oxidation sites excluding steroid dienone is 1. The molecule has 2 aromatic heterocycles. The van der Waals surface area contributed by atoms with E-state index in [-0.39, 0.29) is 18.9 Å². The molecule has 0 aliphatic heterocycles. The Balaban J connectivity index is 1.18. The predicted molar refractivity (Wildman–Crippen MR) is 187 cm³/mol. The zero-order valence-corrected chi connectivity index (χ0v) is 26.9. The van der Waals surface area contributed by atoms with E-state index in [1.807, 2.05) is 103 Å². The number of tetrazole rings is 1. The van der Waals surface area contributed by atoms with Crippen molar-refractivity contribution in [3.8, 4) is 22.9 Å². The van der Waals surface area contributed by atoms with Gasteiger partial charge in [-0.05, 0) is 90.1 Å². The molecule has 1 unspecified atom stereocenters. The van der Waals surface area contributed by atoms with Crippen molar-refractivity contribution in [2.75, 3.05) is 6.61 Å². The van der Waals surface area contributed by atoms with Gasteiger partial charge in [0, 0.05) is 17.4 Å². The number of nitrogens with one attached hydrogen (secondary N) is 2. The van der Waals surface area contributed by atoms with E-state index < -0.39 is 12.0 Å². The van der Waals surface area contributed by atoms with Crippen molar-refractivity contribution in [1.82, 2.24) is 30.9 Å². The first-order valence-electron chi connectivity index (χ1n) is 16.3. The highest BCUT2D eigenvalue weighted by atomic mass is 16.5. The quantitative estimate of drug-likeness (QED) is 0.152. The molecule has 0 spiro atoms. The van der Waals surface area contributed by atoms with Crippen LogP contribution in [0.15, 0.2) is 103 Å². The van der Waals surface area contributed by atoms with Crippen LogP contribution in [0.3, 0.4) is 0 Å². The molecule has 4 aromatic carbocycles. The number of benzene rings is 4. The van der Waals surface area contributed by atoms with Gasteiger partial charge in [-0.2, -0.15) is 5.21 Å². The fourth-order valence-electron chi connectivity index (χ4n) is 6.17. The third-order valence-electron chi connectivity index (χ3n) is 8.47. The van der Waals surface area contributed by atoms with Crippen molar-refractivity contribution in [1.29, 1.82) is 0 Å². The number of nitrogens with zero attached hydrogens (tertiary/aromatic N) is 4. The van der Waals surface area contributed by atoms with E-state index in [0.717, 1.165) is 68.8 Å². The summed E-state index contributed by atoms with van der Waals surface area (Å²) in [5, 5.41) is 17.9. The highest BCUT2D eigenvalue weighted by Crippen LogP contribution is 2.36. The van der Waals surface area contributed by atoms with Crippen LogP contribution in [0.1, 0.15) is 52.5 Å². The number of hydrogen-bond donors (Lipinski definition) is 2. The van der Waals surface area contributed by atoms with Gasteiger partial charge in [-0.15, -0.1) is 10.2 Å². The summed E-state index contributed by atoms with van der Waals surface area (Å²) >= 11 is 0. The molecule has 1 atom stereocenters. The number of aromatic nitrogens is 5. The van der Waals surface area contributed by atoms with Crippen LogP contribution in [-0.4, -0.2) is 50.1 Å². The molecule has 10 nitrogen and oxygen atoms in total. The number of esters is 1. The van der Waals surface area contributed by atoms with E-state index in [0.29, 0.717) is 17.8 Å². The fourth-order valence-corrected chi connectivity index (χ4v) is 6.17. The SMILES string of the molecule is CCOC(=O)C(Cc1ccc(-c2nn[nH]n2)cc1)NC(=O)c1c2c(nc3ccccc13)/C(=C\c1ccc(Oc3ccccc3)cc1)CCC2. The number of fused-ring (bicyclic) bond motifs is 2. The van der Waals surface area contributed by atoms with E-state index in [2.05, 4.69) is 32.0 Å². The topological polar surface area (TPSA) is 132 Å². The van der Waals surface area contributed by atoms with Crippen LogP contribution in [0.2, 0.25) is 0 Å². The van der Waals surface area contributed by atoms with Crippen molar-refractivity contribution >= 4 is 34.4 Å². The minimum absolute atomic E-state index is 0.197. The number of carbonyl (C=O) groups excluding carboxylic acids is 2. The van der Waals surface area contributed by atoms with Gasteiger partial charge in [-0.3, -0.25) is 4.79 Å². The number of carbonyl (C=O) groups is 2. The molecule has 1 aliphatic carbocycles. The van der Waals surface area contributed by atoms with Crippen LogP contribution in [0.4, 0.5) is 0 Å². The van der Waals surface area contributed by atoms with Gasteiger partial charge >= 0.3 is 5.97 Å². The molecule has 6 aromatic rings. The molecule has 0 fully saturated rings. The number of amides is 1. The highest BCUT2D eigenvalue weighted by molar-refractivity contribution is 6.10. The Labute approximate surface area is 283 Å².